The molecule has 3 aromatic rings. The molecular formula is C33H35N3O5. The van der Waals surface area contributed by atoms with E-state index in [0.29, 0.717) is 38.8 Å². The zero-order valence-electron chi connectivity index (χ0n) is 23.0. The molecule has 3 aliphatic rings. The summed E-state index contributed by atoms with van der Waals surface area (Å²) in [6.07, 6.45) is 1.28. The largest absolute Gasteiger partial charge is 0.480 e. The topological polar surface area (TPSA) is 108 Å². The predicted molar refractivity (Wildman–Crippen MR) is 154 cm³/mol. The number of ether oxygens (including phenoxy) is 1. The molecule has 3 N–H and O–H groups in total. The number of carboxylic acids is 1. The normalized spacial score (nSPS) is 18.5. The summed E-state index contributed by atoms with van der Waals surface area (Å²) in [7, 11) is 0. The minimum absolute atomic E-state index is 0.0467. The maximum atomic E-state index is 13.4. The summed E-state index contributed by atoms with van der Waals surface area (Å²) >= 11 is 0. The van der Waals surface area contributed by atoms with Gasteiger partial charge in [0.05, 0.1) is 5.41 Å². The first kappa shape index (κ1) is 27.0. The lowest BCUT2D eigenvalue weighted by Gasteiger charge is -2.40. The molecule has 8 heteroatoms. The molecule has 0 radical (unpaired) electrons. The van der Waals surface area contributed by atoms with E-state index in [0.717, 1.165) is 28.8 Å². The van der Waals surface area contributed by atoms with Crippen LogP contribution in [-0.4, -0.2) is 59.8 Å². The maximum absolute atomic E-state index is 13.4. The number of nitrogens with one attached hydrogen (secondary N) is 2. The molecule has 3 aromatic carbocycles. The van der Waals surface area contributed by atoms with Crippen molar-refractivity contribution in [2.24, 2.45) is 5.41 Å². The molecule has 1 aliphatic heterocycles. The van der Waals surface area contributed by atoms with Crippen molar-refractivity contribution < 1.29 is 24.2 Å². The number of hydrogen-bond donors (Lipinski definition) is 3. The van der Waals surface area contributed by atoms with Gasteiger partial charge in [-0.15, -0.1) is 0 Å². The summed E-state index contributed by atoms with van der Waals surface area (Å²) in [5.74, 6) is -1.37. The molecule has 0 spiro atoms. The number of piperidine rings is 1. The van der Waals surface area contributed by atoms with Crippen LogP contribution in [-0.2, 0) is 20.9 Å². The molecule has 1 saturated heterocycles. The number of carboxylic acid groups (broad SMARTS) is 1. The highest BCUT2D eigenvalue weighted by Gasteiger charge is 2.54. The fourth-order valence-electron chi connectivity index (χ4n) is 6.20. The van der Waals surface area contributed by atoms with Crippen molar-refractivity contribution in [2.75, 3.05) is 26.2 Å². The van der Waals surface area contributed by atoms with Gasteiger partial charge in [-0.2, -0.15) is 0 Å². The van der Waals surface area contributed by atoms with Crippen molar-refractivity contribution in [2.45, 2.75) is 43.7 Å². The van der Waals surface area contributed by atoms with Gasteiger partial charge in [0, 0.05) is 32.1 Å². The average molecular weight is 554 g/mol. The lowest BCUT2D eigenvalue weighted by atomic mass is 9.86. The van der Waals surface area contributed by atoms with Crippen LogP contribution in [0, 0.1) is 5.41 Å². The van der Waals surface area contributed by atoms with Crippen molar-refractivity contribution in [3.05, 3.63) is 95.6 Å². The van der Waals surface area contributed by atoms with Crippen molar-refractivity contribution in [3.8, 4) is 11.1 Å². The van der Waals surface area contributed by atoms with Crippen LogP contribution < -0.4 is 10.6 Å². The third-order valence-corrected chi connectivity index (χ3v) is 8.97. The van der Waals surface area contributed by atoms with Crippen molar-refractivity contribution >= 4 is 18.0 Å². The SMILES string of the molecule is O=C(NCC1(C(=O)NC2(C(=O)O)CCN(Cc3ccccc3)CC2)CC1)OCC1c2ccccc2-c2ccccc21. The van der Waals surface area contributed by atoms with Gasteiger partial charge < -0.3 is 20.5 Å². The molecule has 212 valence electrons. The summed E-state index contributed by atoms with van der Waals surface area (Å²) in [4.78, 5) is 40.6. The number of hydrogen-bond acceptors (Lipinski definition) is 5. The van der Waals surface area contributed by atoms with Gasteiger partial charge in [0.2, 0.25) is 5.91 Å². The summed E-state index contributed by atoms with van der Waals surface area (Å²) in [5.41, 5.74) is 3.66. The average Bonchev–Trinajstić information content (AvgIpc) is 3.73. The Balaban J connectivity index is 1.02. The Morgan fingerprint density at radius 3 is 2.00 bits per heavy atom. The highest BCUT2D eigenvalue weighted by molar-refractivity contribution is 5.92. The quantitative estimate of drug-likeness (QED) is 0.359. The molecule has 41 heavy (non-hydrogen) atoms. The molecule has 8 nitrogen and oxygen atoms in total. The highest BCUT2D eigenvalue weighted by atomic mass is 16.5. The Labute approximate surface area is 239 Å². The Bertz CT molecular complexity index is 1400. The summed E-state index contributed by atoms with van der Waals surface area (Å²) in [6.45, 7) is 2.21. The van der Waals surface area contributed by atoms with E-state index in [1.807, 2.05) is 42.5 Å². The third kappa shape index (κ3) is 5.44. The molecule has 2 aliphatic carbocycles. The van der Waals surface area contributed by atoms with Crippen LogP contribution in [0.4, 0.5) is 4.79 Å². The molecular weight excluding hydrogens is 518 g/mol. The number of aliphatic carboxylic acids is 1. The molecule has 0 aromatic heterocycles. The zero-order valence-corrected chi connectivity index (χ0v) is 23.0. The number of rotatable bonds is 9. The Hall–Kier alpha value is -4.17. The highest BCUT2D eigenvalue weighted by Crippen LogP contribution is 2.46. The predicted octanol–water partition coefficient (Wildman–Crippen LogP) is 4.54. The van der Waals surface area contributed by atoms with Gasteiger partial charge in [0.15, 0.2) is 0 Å². The first-order valence-corrected chi connectivity index (χ1v) is 14.3. The molecule has 0 bridgehead atoms. The monoisotopic (exact) mass is 553 g/mol. The number of amides is 2. The molecule has 0 atom stereocenters. The number of alkyl carbamates (subject to hydrolysis) is 1. The van der Waals surface area contributed by atoms with Crippen LogP contribution in [0.1, 0.15) is 48.3 Å². The Kier molecular flexibility index (Phi) is 7.26. The number of likely N-dealkylation sites (tertiary alicyclic amines) is 1. The van der Waals surface area contributed by atoms with Crippen LogP contribution in [0.5, 0.6) is 0 Å². The maximum Gasteiger partial charge on any atom is 0.407 e. The van der Waals surface area contributed by atoms with Crippen molar-refractivity contribution in [1.29, 1.82) is 0 Å². The lowest BCUT2D eigenvalue weighted by molar-refractivity contribution is -0.151. The van der Waals surface area contributed by atoms with Gasteiger partial charge >= 0.3 is 12.1 Å². The van der Waals surface area contributed by atoms with Crippen molar-refractivity contribution in [3.63, 3.8) is 0 Å². The first-order chi connectivity index (χ1) is 19.9. The second kappa shape index (κ2) is 11.0. The molecule has 0 unspecified atom stereocenters. The van der Waals surface area contributed by atoms with Crippen LogP contribution in [0.25, 0.3) is 11.1 Å². The fraction of sp³-hybridized carbons (Fsp3) is 0.364. The third-order valence-electron chi connectivity index (χ3n) is 8.97. The lowest BCUT2D eigenvalue weighted by Crippen LogP contribution is -2.61. The second-order valence-electron chi connectivity index (χ2n) is 11.6. The first-order valence-electron chi connectivity index (χ1n) is 14.3. The number of carbonyl (C=O) groups excluding carboxylic acids is 2. The van der Waals surface area contributed by atoms with Crippen LogP contribution in [0.2, 0.25) is 0 Å². The van der Waals surface area contributed by atoms with Gasteiger partial charge in [-0.05, 0) is 53.5 Å². The molecule has 2 amide bonds. The van der Waals surface area contributed by atoms with Gasteiger partial charge in [-0.25, -0.2) is 9.59 Å². The van der Waals surface area contributed by atoms with E-state index in [9.17, 15) is 19.5 Å². The van der Waals surface area contributed by atoms with E-state index in [1.165, 1.54) is 5.56 Å². The second-order valence-corrected chi connectivity index (χ2v) is 11.6. The Morgan fingerprint density at radius 2 is 1.41 bits per heavy atom. The summed E-state index contributed by atoms with van der Waals surface area (Å²) in [5, 5.41) is 15.8. The number of carbonyl (C=O) groups is 3. The van der Waals surface area contributed by atoms with Crippen molar-refractivity contribution in [1.82, 2.24) is 15.5 Å². The van der Waals surface area contributed by atoms with Gasteiger partial charge in [0.25, 0.3) is 0 Å². The zero-order chi connectivity index (χ0) is 28.5. The number of benzene rings is 3. The Morgan fingerprint density at radius 1 is 0.829 bits per heavy atom. The standard InChI is InChI=1S/C33H35N3O5/c37-29(35-33(30(38)39)16-18-36(19-17-33)20-23-8-2-1-3-9-23)32(14-15-32)22-34-31(40)41-21-28-26-12-6-4-10-24(26)25-11-5-7-13-27(25)28/h1-13,28H,14-22H2,(H,34,40)(H,35,37)(H,38,39). The smallest absolute Gasteiger partial charge is 0.407 e. The van der Waals surface area contributed by atoms with Crippen LogP contribution in [0.15, 0.2) is 78.9 Å². The van der Waals surface area contributed by atoms with E-state index >= 15 is 0 Å². The van der Waals surface area contributed by atoms with Crippen LogP contribution in [0.3, 0.4) is 0 Å². The molecule has 2 fully saturated rings. The number of fused-ring (bicyclic) bond motifs is 3. The van der Waals surface area contributed by atoms with E-state index in [4.69, 9.17) is 4.74 Å². The fourth-order valence-corrected chi connectivity index (χ4v) is 6.20. The minimum Gasteiger partial charge on any atom is -0.480 e. The van der Waals surface area contributed by atoms with Gasteiger partial charge in [-0.1, -0.05) is 78.9 Å². The van der Waals surface area contributed by atoms with Gasteiger partial charge in [-0.3, -0.25) is 9.69 Å². The minimum atomic E-state index is -1.30. The van der Waals surface area contributed by atoms with Crippen LogP contribution >= 0.6 is 0 Å². The van der Waals surface area contributed by atoms with E-state index in [-0.39, 0.29) is 25.0 Å². The van der Waals surface area contributed by atoms with E-state index in [1.54, 1.807) is 0 Å². The van der Waals surface area contributed by atoms with E-state index in [2.05, 4.69) is 51.9 Å². The summed E-state index contributed by atoms with van der Waals surface area (Å²) < 4.78 is 5.63. The van der Waals surface area contributed by atoms with Gasteiger partial charge in [0.1, 0.15) is 12.1 Å². The summed E-state index contributed by atoms with van der Waals surface area (Å²) in [6, 6.07) is 26.4. The molecule has 1 heterocycles. The van der Waals surface area contributed by atoms with E-state index < -0.39 is 23.0 Å². The molecule has 1 saturated carbocycles. The molecule has 6 rings (SSSR count). The number of nitrogens with zero attached hydrogens (tertiary/aromatic N) is 1.